The highest BCUT2D eigenvalue weighted by molar-refractivity contribution is 14.1. The zero-order valence-electron chi connectivity index (χ0n) is 11.1. The number of fused-ring (bicyclic) bond motifs is 1. The van der Waals surface area contributed by atoms with Crippen LogP contribution in [0.25, 0.3) is 0 Å². The lowest BCUT2D eigenvalue weighted by Crippen LogP contribution is -2.47. The van der Waals surface area contributed by atoms with Crippen LogP contribution in [0.2, 0.25) is 0 Å². The van der Waals surface area contributed by atoms with Crippen LogP contribution in [0.1, 0.15) is 11.1 Å². The second-order valence-electron chi connectivity index (χ2n) is 5.28. The second-order valence-corrected chi connectivity index (χ2v) is 6.65. The van der Waals surface area contributed by atoms with Crippen molar-refractivity contribution in [1.82, 2.24) is 8.01 Å². The van der Waals surface area contributed by atoms with E-state index in [4.69, 9.17) is 5.11 Å². The summed E-state index contributed by atoms with van der Waals surface area (Å²) in [5, 5.41) is 8.97. The molecule has 3 rings (SSSR count). The first-order valence-corrected chi connectivity index (χ1v) is 7.83. The van der Waals surface area contributed by atoms with E-state index in [9.17, 15) is 0 Å². The van der Waals surface area contributed by atoms with Gasteiger partial charge in [0.05, 0.1) is 6.61 Å². The molecule has 5 heteroatoms. The van der Waals surface area contributed by atoms with Gasteiger partial charge in [0, 0.05) is 74.4 Å². The Hall–Kier alpha value is -0.370. The van der Waals surface area contributed by atoms with Gasteiger partial charge in [-0.1, -0.05) is 6.07 Å². The number of β-amino-alcohol motifs (C(OH)–C–C–N with tert-alkyl or cyclic N) is 1. The van der Waals surface area contributed by atoms with Crippen molar-refractivity contribution in [3.8, 4) is 0 Å². The highest BCUT2D eigenvalue weighted by Gasteiger charge is 2.20. The first-order chi connectivity index (χ1) is 9.26. The van der Waals surface area contributed by atoms with Crippen LogP contribution in [-0.4, -0.2) is 52.5 Å². The van der Waals surface area contributed by atoms with Crippen LogP contribution in [0.4, 0.5) is 5.69 Å². The van der Waals surface area contributed by atoms with Gasteiger partial charge in [0.1, 0.15) is 0 Å². The van der Waals surface area contributed by atoms with Crippen molar-refractivity contribution in [2.45, 2.75) is 13.1 Å². The van der Waals surface area contributed by atoms with Gasteiger partial charge in [0.25, 0.3) is 0 Å². The van der Waals surface area contributed by atoms with Crippen molar-refractivity contribution >= 4 is 28.6 Å². The molecule has 1 aromatic carbocycles. The zero-order chi connectivity index (χ0) is 13.2. The fraction of sp³-hybridized carbons (Fsp3) is 0.571. The van der Waals surface area contributed by atoms with Crippen molar-refractivity contribution in [3.05, 3.63) is 29.3 Å². The van der Waals surface area contributed by atoms with Gasteiger partial charge >= 0.3 is 0 Å². The number of benzene rings is 1. The van der Waals surface area contributed by atoms with Crippen LogP contribution < -0.4 is 4.90 Å². The van der Waals surface area contributed by atoms with Gasteiger partial charge in [-0.15, -0.1) is 0 Å². The van der Waals surface area contributed by atoms with Gasteiger partial charge in [0.15, 0.2) is 0 Å². The molecular weight excluding hydrogens is 353 g/mol. The number of anilines is 1. The van der Waals surface area contributed by atoms with E-state index in [2.05, 4.69) is 54.0 Å². The number of rotatable bonds is 3. The van der Waals surface area contributed by atoms with Crippen molar-refractivity contribution < 1.29 is 5.11 Å². The monoisotopic (exact) mass is 373 g/mol. The number of nitrogens with zero attached hydrogens (tertiary/aromatic N) is 3. The SMILES string of the molecule is OCCN1CCN(c2ccc3c(c2)CN(I)C3)CC1. The first kappa shape index (κ1) is 13.6. The third kappa shape index (κ3) is 3.04. The standard InChI is InChI=1S/C14H20IN3O/c15-18-10-12-1-2-14(9-13(12)11-18)17-5-3-16(4-6-17)7-8-19/h1-2,9,19H,3-8,10-11H2. The molecule has 19 heavy (non-hydrogen) atoms. The minimum absolute atomic E-state index is 0.268. The third-order valence-corrected chi connectivity index (χ3v) is 4.71. The van der Waals surface area contributed by atoms with Crippen LogP contribution in [0.3, 0.4) is 0 Å². The summed E-state index contributed by atoms with van der Waals surface area (Å²) in [7, 11) is 0. The van der Waals surface area contributed by atoms with Gasteiger partial charge in [-0.05, 0) is 23.3 Å². The molecule has 0 aromatic heterocycles. The van der Waals surface area contributed by atoms with E-state index < -0.39 is 0 Å². The lowest BCUT2D eigenvalue weighted by molar-refractivity contribution is 0.189. The maximum absolute atomic E-state index is 8.97. The summed E-state index contributed by atoms with van der Waals surface area (Å²) in [5.74, 6) is 0. The molecular formula is C14H20IN3O. The summed E-state index contributed by atoms with van der Waals surface area (Å²) < 4.78 is 2.32. The third-order valence-electron chi connectivity index (χ3n) is 4.03. The largest absolute Gasteiger partial charge is 0.395 e. The molecule has 1 N–H and O–H groups in total. The summed E-state index contributed by atoms with van der Waals surface area (Å²) in [4.78, 5) is 4.79. The average molecular weight is 373 g/mol. The van der Waals surface area contributed by atoms with Crippen LogP contribution >= 0.6 is 22.9 Å². The summed E-state index contributed by atoms with van der Waals surface area (Å²) in [6.45, 7) is 7.44. The van der Waals surface area contributed by atoms with Gasteiger partial charge in [-0.2, -0.15) is 0 Å². The van der Waals surface area contributed by atoms with Crippen molar-refractivity contribution in [2.24, 2.45) is 0 Å². The molecule has 0 bridgehead atoms. The fourth-order valence-electron chi connectivity index (χ4n) is 2.91. The molecule has 104 valence electrons. The van der Waals surface area contributed by atoms with E-state index in [0.717, 1.165) is 45.8 Å². The zero-order valence-corrected chi connectivity index (χ0v) is 13.2. The van der Waals surface area contributed by atoms with E-state index >= 15 is 0 Å². The number of aliphatic hydroxyl groups excluding tert-OH is 1. The van der Waals surface area contributed by atoms with E-state index in [1.807, 2.05) is 0 Å². The predicted octanol–water partition coefficient (Wildman–Crippen LogP) is 1.47. The minimum atomic E-state index is 0.268. The molecule has 0 spiro atoms. The van der Waals surface area contributed by atoms with E-state index in [0.29, 0.717) is 0 Å². The Balaban J connectivity index is 1.66. The molecule has 0 saturated carbocycles. The number of piperazine rings is 1. The molecule has 0 atom stereocenters. The molecule has 4 nitrogen and oxygen atoms in total. The quantitative estimate of drug-likeness (QED) is 0.642. The summed E-state index contributed by atoms with van der Waals surface area (Å²) in [6, 6.07) is 6.90. The normalized spacial score (nSPS) is 20.8. The van der Waals surface area contributed by atoms with Crippen molar-refractivity contribution in [2.75, 3.05) is 44.2 Å². The predicted molar refractivity (Wildman–Crippen MR) is 85.4 cm³/mol. The lowest BCUT2D eigenvalue weighted by Gasteiger charge is -2.36. The maximum Gasteiger partial charge on any atom is 0.0558 e. The van der Waals surface area contributed by atoms with Gasteiger partial charge in [0.2, 0.25) is 0 Å². The minimum Gasteiger partial charge on any atom is -0.395 e. The van der Waals surface area contributed by atoms with Crippen LogP contribution in [0, 0.1) is 0 Å². The second kappa shape index (κ2) is 5.95. The molecule has 2 aliphatic heterocycles. The smallest absolute Gasteiger partial charge is 0.0558 e. The first-order valence-electron chi connectivity index (χ1n) is 6.87. The topological polar surface area (TPSA) is 30.0 Å². The van der Waals surface area contributed by atoms with Gasteiger partial charge in [-0.25, -0.2) is 3.11 Å². The van der Waals surface area contributed by atoms with Gasteiger partial charge in [-0.3, -0.25) is 4.90 Å². The average Bonchev–Trinajstić information content (AvgIpc) is 2.79. The highest BCUT2D eigenvalue weighted by atomic mass is 127. The molecule has 0 aliphatic carbocycles. The highest BCUT2D eigenvalue weighted by Crippen LogP contribution is 2.29. The van der Waals surface area contributed by atoms with E-state index in [1.54, 1.807) is 0 Å². The van der Waals surface area contributed by atoms with Crippen LogP contribution in [0.15, 0.2) is 18.2 Å². The van der Waals surface area contributed by atoms with Crippen LogP contribution in [0.5, 0.6) is 0 Å². The number of hydrogen-bond donors (Lipinski definition) is 1. The molecule has 2 heterocycles. The Morgan fingerprint density at radius 2 is 1.79 bits per heavy atom. The van der Waals surface area contributed by atoms with Crippen molar-refractivity contribution in [3.63, 3.8) is 0 Å². The summed E-state index contributed by atoms with van der Waals surface area (Å²) >= 11 is 2.39. The van der Waals surface area contributed by atoms with E-state index in [1.165, 1.54) is 16.8 Å². The number of hydrogen-bond acceptors (Lipinski definition) is 4. The molecule has 2 aliphatic rings. The number of halogens is 1. The molecule has 1 aromatic rings. The molecule has 0 radical (unpaired) electrons. The maximum atomic E-state index is 8.97. The Bertz CT molecular complexity index is 446. The Kier molecular flexibility index (Phi) is 4.26. The number of aliphatic hydroxyl groups is 1. The Morgan fingerprint density at radius 3 is 2.53 bits per heavy atom. The van der Waals surface area contributed by atoms with Crippen LogP contribution in [-0.2, 0) is 13.1 Å². The van der Waals surface area contributed by atoms with Gasteiger partial charge < -0.3 is 10.0 Å². The summed E-state index contributed by atoms with van der Waals surface area (Å²) in [5.41, 5.74) is 4.30. The molecule has 0 amide bonds. The van der Waals surface area contributed by atoms with E-state index in [-0.39, 0.29) is 6.61 Å². The molecule has 1 fully saturated rings. The summed E-state index contributed by atoms with van der Waals surface area (Å²) in [6.07, 6.45) is 0. The van der Waals surface area contributed by atoms with Crippen molar-refractivity contribution in [1.29, 1.82) is 0 Å². The molecule has 0 unspecified atom stereocenters. The Labute approximate surface area is 128 Å². The lowest BCUT2D eigenvalue weighted by atomic mass is 10.1. The molecule has 1 saturated heterocycles. The Morgan fingerprint density at radius 1 is 1.05 bits per heavy atom. The fourth-order valence-corrected chi connectivity index (χ4v) is 3.64.